The van der Waals surface area contributed by atoms with Crippen molar-refractivity contribution in [2.45, 2.75) is 37.1 Å². The van der Waals surface area contributed by atoms with E-state index < -0.39 is 15.8 Å². The molecule has 1 aliphatic heterocycles. The van der Waals surface area contributed by atoms with Gasteiger partial charge in [0.1, 0.15) is 12.1 Å². The quantitative estimate of drug-likeness (QED) is 0.860. The van der Waals surface area contributed by atoms with Crippen molar-refractivity contribution in [1.29, 1.82) is 0 Å². The van der Waals surface area contributed by atoms with Gasteiger partial charge in [0.15, 0.2) is 5.82 Å². The second-order valence-corrected chi connectivity index (χ2v) is 7.73. The molecule has 1 aliphatic rings. The lowest BCUT2D eigenvalue weighted by molar-refractivity contribution is 0.242. The SMILES string of the molecule is Cc1cc(S(=O)(=O)N2CCCCC2c2nncn2C)ccc1F. The van der Waals surface area contributed by atoms with E-state index in [1.165, 1.54) is 22.5 Å². The minimum Gasteiger partial charge on any atom is -0.319 e. The molecule has 0 aliphatic carbocycles. The first-order chi connectivity index (χ1) is 10.9. The highest BCUT2D eigenvalue weighted by atomic mass is 32.2. The third-order valence-corrected chi connectivity index (χ3v) is 6.14. The van der Waals surface area contributed by atoms with Gasteiger partial charge in [-0.2, -0.15) is 4.31 Å². The van der Waals surface area contributed by atoms with Crippen LogP contribution in [0.5, 0.6) is 0 Å². The zero-order valence-corrected chi connectivity index (χ0v) is 13.9. The number of rotatable bonds is 3. The van der Waals surface area contributed by atoms with Crippen molar-refractivity contribution in [3.8, 4) is 0 Å². The average Bonchev–Trinajstić information content (AvgIpc) is 2.96. The van der Waals surface area contributed by atoms with Crippen molar-refractivity contribution < 1.29 is 12.8 Å². The Hall–Kier alpha value is -1.80. The van der Waals surface area contributed by atoms with Gasteiger partial charge < -0.3 is 4.57 Å². The lowest BCUT2D eigenvalue weighted by atomic mass is 10.0. The van der Waals surface area contributed by atoms with E-state index in [0.29, 0.717) is 24.4 Å². The van der Waals surface area contributed by atoms with E-state index in [0.717, 1.165) is 12.8 Å². The highest BCUT2D eigenvalue weighted by Crippen LogP contribution is 2.34. The summed E-state index contributed by atoms with van der Waals surface area (Å²) in [5.74, 6) is 0.222. The molecule has 3 rings (SSSR count). The molecule has 124 valence electrons. The van der Waals surface area contributed by atoms with Gasteiger partial charge in [0.2, 0.25) is 10.0 Å². The third kappa shape index (κ3) is 2.88. The summed E-state index contributed by atoms with van der Waals surface area (Å²) in [5.41, 5.74) is 0.318. The number of piperidine rings is 1. The Morgan fingerprint density at radius 2 is 2.09 bits per heavy atom. The van der Waals surface area contributed by atoms with Crippen molar-refractivity contribution in [3.05, 3.63) is 41.7 Å². The predicted molar refractivity (Wildman–Crippen MR) is 82.6 cm³/mol. The van der Waals surface area contributed by atoms with E-state index in [4.69, 9.17) is 0 Å². The van der Waals surface area contributed by atoms with Crippen LogP contribution in [-0.4, -0.2) is 34.0 Å². The maximum absolute atomic E-state index is 13.5. The van der Waals surface area contributed by atoms with Gasteiger partial charge in [-0.3, -0.25) is 0 Å². The van der Waals surface area contributed by atoms with Crippen LogP contribution in [0.15, 0.2) is 29.4 Å². The first-order valence-corrected chi connectivity index (χ1v) is 8.97. The summed E-state index contributed by atoms with van der Waals surface area (Å²) in [5, 5.41) is 7.93. The van der Waals surface area contributed by atoms with Crippen LogP contribution in [0.1, 0.15) is 36.7 Å². The molecule has 1 unspecified atom stereocenters. The number of aryl methyl sites for hydroxylation is 2. The maximum Gasteiger partial charge on any atom is 0.243 e. The van der Waals surface area contributed by atoms with E-state index in [-0.39, 0.29) is 10.9 Å². The Kier molecular flexibility index (Phi) is 4.20. The van der Waals surface area contributed by atoms with Gasteiger partial charge in [-0.05, 0) is 43.5 Å². The summed E-state index contributed by atoms with van der Waals surface area (Å²) in [6.07, 6.45) is 4.00. The number of benzene rings is 1. The first-order valence-electron chi connectivity index (χ1n) is 7.53. The number of halogens is 1. The van der Waals surface area contributed by atoms with Gasteiger partial charge in [-0.25, -0.2) is 12.8 Å². The molecule has 0 amide bonds. The summed E-state index contributed by atoms with van der Waals surface area (Å²) in [6, 6.07) is 3.56. The summed E-state index contributed by atoms with van der Waals surface area (Å²) in [7, 11) is -1.91. The third-order valence-electron chi connectivity index (χ3n) is 4.23. The molecule has 2 heterocycles. The fourth-order valence-corrected chi connectivity index (χ4v) is 4.70. The molecule has 0 saturated carbocycles. The number of nitrogens with zero attached hydrogens (tertiary/aromatic N) is 4. The molecule has 1 fully saturated rings. The summed E-state index contributed by atoms with van der Waals surface area (Å²) >= 11 is 0. The Morgan fingerprint density at radius 1 is 1.30 bits per heavy atom. The van der Waals surface area contributed by atoms with E-state index in [9.17, 15) is 12.8 Å². The molecule has 1 atom stereocenters. The largest absolute Gasteiger partial charge is 0.319 e. The molecule has 0 N–H and O–H groups in total. The summed E-state index contributed by atoms with van der Waals surface area (Å²) < 4.78 is 42.7. The molecule has 23 heavy (non-hydrogen) atoms. The molecular formula is C15H19FN4O2S. The van der Waals surface area contributed by atoms with Crippen LogP contribution in [0.3, 0.4) is 0 Å². The van der Waals surface area contributed by atoms with Crippen LogP contribution in [0.25, 0.3) is 0 Å². The monoisotopic (exact) mass is 338 g/mol. The molecule has 1 aromatic heterocycles. The van der Waals surface area contributed by atoms with Crippen molar-refractivity contribution in [2.75, 3.05) is 6.54 Å². The topological polar surface area (TPSA) is 68.1 Å². The van der Waals surface area contributed by atoms with Gasteiger partial charge >= 0.3 is 0 Å². The number of hydrogen-bond acceptors (Lipinski definition) is 4. The van der Waals surface area contributed by atoms with E-state index in [1.807, 2.05) is 0 Å². The molecular weight excluding hydrogens is 319 g/mol. The smallest absolute Gasteiger partial charge is 0.243 e. The Labute approximate surface area is 135 Å². The van der Waals surface area contributed by atoms with Gasteiger partial charge in [0.25, 0.3) is 0 Å². The van der Waals surface area contributed by atoms with Gasteiger partial charge in [-0.1, -0.05) is 6.42 Å². The minimum atomic E-state index is -3.71. The Balaban J connectivity index is 2.02. The standard InChI is InChI=1S/C15H19FN4O2S/c1-11-9-12(6-7-13(11)16)23(21,22)20-8-4-3-5-14(20)15-18-17-10-19(15)2/h6-7,9-10,14H,3-5,8H2,1-2H3. The predicted octanol–water partition coefficient (Wildman–Crippen LogP) is 2.18. The zero-order valence-electron chi connectivity index (χ0n) is 13.1. The van der Waals surface area contributed by atoms with Crippen LogP contribution >= 0.6 is 0 Å². The van der Waals surface area contributed by atoms with E-state index in [2.05, 4.69) is 10.2 Å². The second kappa shape index (κ2) is 6.01. The number of aromatic nitrogens is 3. The fraction of sp³-hybridized carbons (Fsp3) is 0.467. The molecule has 1 saturated heterocycles. The second-order valence-electron chi connectivity index (χ2n) is 5.84. The van der Waals surface area contributed by atoms with Crippen LogP contribution in [0.2, 0.25) is 0 Å². The van der Waals surface area contributed by atoms with Crippen LogP contribution in [-0.2, 0) is 17.1 Å². The number of hydrogen-bond donors (Lipinski definition) is 0. The van der Waals surface area contributed by atoms with Crippen LogP contribution < -0.4 is 0 Å². The molecule has 6 nitrogen and oxygen atoms in total. The van der Waals surface area contributed by atoms with Crippen LogP contribution in [0, 0.1) is 12.7 Å². The van der Waals surface area contributed by atoms with Crippen molar-refractivity contribution in [2.24, 2.45) is 7.05 Å². The van der Waals surface area contributed by atoms with Gasteiger partial charge in [0.05, 0.1) is 10.9 Å². The highest BCUT2D eigenvalue weighted by Gasteiger charge is 2.36. The normalized spacial score (nSPS) is 19.9. The van der Waals surface area contributed by atoms with Crippen molar-refractivity contribution in [1.82, 2.24) is 19.1 Å². The first kappa shape index (κ1) is 16.1. The van der Waals surface area contributed by atoms with Gasteiger partial charge in [-0.15, -0.1) is 10.2 Å². The Morgan fingerprint density at radius 3 is 2.74 bits per heavy atom. The van der Waals surface area contributed by atoms with Crippen molar-refractivity contribution in [3.63, 3.8) is 0 Å². The van der Waals surface area contributed by atoms with E-state index >= 15 is 0 Å². The fourth-order valence-electron chi connectivity index (χ4n) is 2.96. The number of sulfonamides is 1. The van der Waals surface area contributed by atoms with Crippen LogP contribution in [0.4, 0.5) is 4.39 Å². The molecule has 2 aromatic rings. The van der Waals surface area contributed by atoms with Gasteiger partial charge in [0, 0.05) is 13.6 Å². The maximum atomic E-state index is 13.5. The van der Waals surface area contributed by atoms with E-state index in [1.54, 1.807) is 24.9 Å². The molecule has 1 aromatic carbocycles. The molecule has 0 bridgehead atoms. The minimum absolute atomic E-state index is 0.116. The lowest BCUT2D eigenvalue weighted by Crippen LogP contribution is -2.39. The van der Waals surface area contributed by atoms with Crippen molar-refractivity contribution >= 4 is 10.0 Å². The zero-order chi connectivity index (χ0) is 16.6. The summed E-state index contributed by atoms with van der Waals surface area (Å²) in [4.78, 5) is 0.116. The average molecular weight is 338 g/mol. The Bertz CT molecular complexity index is 819. The molecule has 0 spiro atoms. The molecule has 8 heteroatoms. The highest BCUT2D eigenvalue weighted by molar-refractivity contribution is 7.89. The lowest BCUT2D eigenvalue weighted by Gasteiger charge is -2.33. The summed E-state index contributed by atoms with van der Waals surface area (Å²) in [6.45, 7) is 1.99. The molecule has 0 radical (unpaired) electrons.